The molecular weight excluding hydrogens is 287 g/mol. The van der Waals surface area contributed by atoms with Gasteiger partial charge in [0.15, 0.2) is 5.69 Å². The highest BCUT2D eigenvalue weighted by Crippen LogP contribution is 2.14. The third kappa shape index (κ3) is 3.38. The van der Waals surface area contributed by atoms with Gasteiger partial charge < -0.3 is 15.2 Å². The van der Waals surface area contributed by atoms with E-state index in [1.165, 1.54) is 23.8 Å². The molecule has 0 saturated heterocycles. The highest BCUT2D eigenvalue weighted by molar-refractivity contribution is 7.09. The van der Waals surface area contributed by atoms with Crippen molar-refractivity contribution in [2.75, 3.05) is 19.0 Å². The lowest BCUT2D eigenvalue weighted by Gasteiger charge is -2.05. The molecule has 2 heterocycles. The van der Waals surface area contributed by atoms with Crippen LogP contribution >= 0.6 is 11.3 Å². The Hall–Kier alpha value is -2.29. The van der Waals surface area contributed by atoms with Gasteiger partial charge in [0.1, 0.15) is 0 Å². The molecule has 2 rings (SSSR count). The Morgan fingerprint density at radius 2 is 2.35 bits per heavy atom. The molecular formula is C11H11FN4O3S. The van der Waals surface area contributed by atoms with Gasteiger partial charge in [0.25, 0.3) is 5.88 Å². The van der Waals surface area contributed by atoms with Gasteiger partial charge in [-0.25, -0.2) is 14.8 Å². The fourth-order valence-electron chi connectivity index (χ4n) is 1.38. The Labute approximate surface area is 117 Å². The summed E-state index contributed by atoms with van der Waals surface area (Å²) in [4.78, 5) is 22.2. The quantitative estimate of drug-likeness (QED) is 0.832. The number of hydrogen-bond donors (Lipinski definition) is 2. The second-order valence-electron chi connectivity index (χ2n) is 3.66. The minimum atomic E-state index is -1.05. The van der Waals surface area contributed by atoms with Gasteiger partial charge in [-0.2, -0.15) is 9.37 Å². The maximum atomic E-state index is 13.1. The number of aromatic carboxylic acids is 1. The van der Waals surface area contributed by atoms with E-state index in [-0.39, 0.29) is 17.5 Å². The molecule has 0 saturated carbocycles. The minimum Gasteiger partial charge on any atom is -0.479 e. The van der Waals surface area contributed by atoms with Crippen molar-refractivity contribution in [1.82, 2.24) is 15.0 Å². The van der Waals surface area contributed by atoms with Crippen LogP contribution < -0.4 is 10.1 Å². The first-order valence-electron chi connectivity index (χ1n) is 5.58. The van der Waals surface area contributed by atoms with E-state index in [2.05, 4.69) is 20.3 Å². The van der Waals surface area contributed by atoms with Crippen LogP contribution in [0.25, 0.3) is 0 Å². The van der Waals surface area contributed by atoms with Gasteiger partial charge in [-0.05, 0) is 0 Å². The maximum absolute atomic E-state index is 13.1. The van der Waals surface area contributed by atoms with Crippen LogP contribution in [0.4, 0.5) is 10.3 Å². The van der Waals surface area contributed by atoms with E-state index < -0.39 is 11.8 Å². The van der Waals surface area contributed by atoms with Crippen molar-refractivity contribution in [2.24, 2.45) is 0 Å². The van der Waals surface area contributed by atoms with E-state index in [9.17, 15) is 9.18 Å². The zero-order valence-corrected chi connectivity index (χ0v) is 11.3. The molecule has 0 aromatic carbocycles. The first-order chi connectivity index (χ1) is 9.60. The third-order valence-electron chi connectivity index (χ3n) is 2.30. The van der Waals surface area contributed by atoms with Crippen LogP contribution in [0, 0.1) is 5.82 Å². The van der Waals surface area contributed by atoms with E-state index in [0.29, 0.717) is 18.0 Å². The Balaban J connectivity index is 1.90. The first kappa shape index (κ1) is 14.1. The number of aromatic nitrogens is 3. The predicted octanol–water partition coefficient (Wildman–Crippen LogP) is 1.43. The second kappa shape index (κ2) is 6.24. The molecule has 0 fully saturated rings. The molecule has 2 aromatic heterocycles. The molecule has 0 radical (unpaired) electrons. The lowest BCUT2D eigenvalue weighted by molar-refractivity contribution is 0.0691. The van der Waals surface area contributed by atoms with E-state index in [1.54, 1.807) is 0 Å². The SMILES string of the molecule is COc1nc(NCCc2nc(C(=O)O)cs2)ncc1F. The Bertz CT molecular complexity index is 619. The van der Waals surface area contributed by atoms with E-state index in [1.807, 2.05) is 0 Å². The Morgan fingerprint density at radius 3 is 3.00 bits per heavy atom. The highest BCUT2D eigenvalue weighted by Gasteiger charge is 2.09. The smallest absolute Gasteiger partial charge is 0.355 e. The van der Waals surface area contributed by atoms with Gasteiger partial charge in [-0.3, -0.25) is 0 Å². The summed E-state index contributed by atoms with van der Waals surface area (Å²) < 4.78 is 17.8. The zero-order chi connectivity index (χ0) is 14.5. The number of carbonyl (C=O) groups is 1. The summed E-state index contributed by atoms with van der Waals surface area (Å²) in [6, 6.07) is 0. The van der Waals surface area contributed by atoms with Gasteiger partial charge in [0.05, 0.1) is 18.3 Å². The molecule has 2 N–H and O–H groups in total. The molecule has 0 atom stereocenters. The van der Waals surface area contributed by atoms with Crippen LogP contribution in [0.5, 0.6) is 5.88 Å². The number of rotatable bonds is 6. The third-order valence-corrected chi connectivity index (χ3v) is 3.21. The number of nitrogens with one attached hydrogen (secondary N) is 1. The van der Waals surface area contributed by atoms with E-state index in [0.717, 1.165) is 6.20 Å². The van der Waals surface area contributed by atoms with E-state index >= 15 is 0 Å². The zero-order valence-electron chi connectivity index (χ0n) is 10.5. The summed E-state index contributed by atoms with van der Waals surface area (Å²) in [5.41, 5.74) is 0.0321. The van der Waals surface area contributed by atoms with Crippen molar-refractivity contribution < 1.29 is 19.0 Å². The Kier molecular flexibility index (Phi) is 4.41. The van der Waals surface area contributed by atoms with Crippen LogP contribution in [-0.4, -0.2) is 39.7 Å². The van der Waals surface area contributed by atoms with Crippen molar-refractivity contribution in [1.29, 1.82) is 0 Å². The predicted molar refractivity (Wildman–Crippen MR) is 69.8 cm³/mol. The molecule has 2 aromatic rings. The summed E-state index contributed by atoms with van der Waals surface area (Å²) in [5.74, 6) is -1.58. The molecule has 106 valence electrons. The van der Waals surface area contributed by atoms with Gasteiger partial charge >= 0.3 is 5.97 Å². The number of thiazole rings is 1. The molecule has 7 nitrogen and oxygen atoms in total. The monoisotopic (exact) mass is 298 g/mol. The van der Waals surface area contributed by atoms with Gasteiger partial charge in [0, 0.05) is 18.3 Å². The van der Waals surface area contributed by atoms with Crippen LogP contribution in [0.15, 0.2) is 11.6 Å². The van der Waals surface area contributed by atoms with E-state index in [4.69, 9.17) is 9.84 Å². The van der Waals surface area contributed by atoms with Crippen LogP contribution in [0.2, 0.25) is 0 Å². The molecule has 9 heteroatoms. The number of halogens is 1. The summed E-state index contributed by atoms with van der Waals surface area (Å²) in [5, 5.41) is 13.8. The van der Waals surface area contributed by atoms with Crippen LogP contribution in [0.1, 0.15) is 15.5 Å². The molecule has 0 aliphatic carbocycles. The normalized spacial score (nSPS) is 10.3. The number of anilines is 1. The Morgan fingerprint density at radius 1 is 1.55 bits per heavy atom. The highest BCUT2D eigenvalue weighted by atomic mass is 32.1. The molecule has 0 unspecified atom stereocenters. The lowest BCUT2D eigenvalue weighted by Crippen LogP contribution is -2.09. The molecule has 0 aliphatic heterocycles. The summed E-state index contributed by atoms with van der Waals surface area (Å²) >= 11 is 1.27. The van der Waals surface area contributed by atoms with Crippen molar-refractivity contribution in [3.05, 3.63) is 28.1 Å². The minimum absolute atomic E-state index is 0.0321. The number of nitrogens with zero attached hydrogens (tertiary/aromatic N) is 3. The summed E-state index contributed by atoms with van der Waals surface area (Å²) in [6.45, 7) is 0.446. The topological polar surface area (TPSA) is 97.2 Å². The van der Waals surface area contributed by atoms with Crippen LogP contribution in [-0.2, 0) is 6.42 Å². The number of carboxylic acids is 1. The summed E-state index contributed by atoms with van der Waals surface area (Å²) in [6.07, 6.45) is 1.53. The number of carboxylic acid groups (broad SMARTS) is 1. The molecule has 0 aliphatic rings. The van der Waals surface area contributed by atoms with Crippen molar-refractivity contribution in [2.45, 2.75) is 6.42 Å². The van der Waals surface area contributed by atoms with Gasteiger partial charge in [0.2, 0.25) is 11.8 Å². The summed E-state index contributed by atoms with van der Waals surface area (Å²) in [7, 11) is 1.32. The second-order valence-corrected chi connectivity index (χ2v) is 4.60. The van der Waals surface area contributed by atoms with Crippen molar-refractivity contribution >= 4 is 23.3 Å². The van der Waals surface area contributed by atoms with Gasteiger partial charge in [-0.1, -0.05) is 0 Å². The lowest BCUT2D eigenvalue weighted by atomic mass is 10.4. The fourth-order valence-corrected chi connectivity index (χ4v) is 2.16. The molecule has 0 spiro atoms. The number of ether oxygens (including phenoxy) is 1. The standard InChI is InChI=1S/C11H11FN4O3S/c1-19-9-6(12)4-14-11(16-9)13-3-2-8-15-7(5-20-8)10(17)18/h4-5H,2-3H2,1H3,(H,17,18)(H,13,14,16). The number of hydrogen-bond acceptors (Lipinski definition) is 7. The molecule has 20 heavy (non-hydrogen) atoms. The molecule has 0 amide bonds. The number of methoxy groups -OCH3 is 1. The average Bonchev–Trinajstić information content (AvgIpc) is 2.89. The largest absolute Gasteiger partial charge is 0.479 e. The first-order valence-corrected chi connectivity index (χ1v) is 6.46. The average molecular weight is 298 g/mol. The van der Waals surface area contributed by atoms with Crippen molar-refractivity contribution in [3.63, 3.8) is 0 Å². The van der Waals surface area contributed by atoms with Gasteiger partial charge in [-0.15, -0.1) is 11.3 Å². The maximum Gasteiger partial charge on any atom is 0.355 e. The fraction of sp³-hybridized carbons (Fsp3) is 0.273. The van der Waals surface area contributed by atoms with Crippen LogP contribution in [0.3, 0.4) is 0 Å². The van der Waals surface area contributed by atoms with Crippen molar-refractivity contribution in [3.8, 4) is 5.88 Å². The molecule has 0 bridgehead atoms.